The zero-order valence-electron chi connectivity index (χ0n) is 7.92. The molecule has 0 fully saturated rings. The van der Waals surface area contributed by atoms with Crippen LogP contribution in [0.2, 0.25) is 0 Å². The Morgan fingerprint density at radius 1 is 1.54 bits per heavy atom. The summed E-state index contributed by atoms with van der Waals surface area (Å²) in [5, 5.41) is 0. The maximum absolute atomic E-state index is 5.10. The second-order valence-electron chi connectivity index (χ2n) is 2.69. The van der Waals surface area contributed by atoms with Gasteiger partial charge >= 0.3 is 0 Å². The predicted molar refractivity (Wildman–Crippen MR) is 66.1 cm³/mol. The third-order valence-electron chi connectivity index (χ3n) is 1.47. The lowest BCUT2D eigenvalue weighted by molar-refractivity contribution is 0.231. The molecule has 0 aromatic rings. The first-order valence-electron chi connectivity index (χ1n) is 3.90. The third-order valence-corrected chi connectivity index (χ3v) is 4.07. The first kappa shape index (κ1) is 11.3. The molecule has 1 nitrogen and oxygen atoms in total. The van der Waals surface area contributed by atoms with Crippen molar-refractivity contribution in [3.63, 3.8) is 0 Å². The molecule has 4 heteroatoms. The standard InChI is InChI=1S/C9H12OS3/c1-6(11)4-9-12-7(2)8(13-9)5-10-3/h4H,5H2,1-3H3/b9-4+. The van der Waals surface area contributed by atoms with Gasteiger partial charge in [-0.3, -0.25) is 0 Å². The molecule has 13 heavy (non-hydrogen) atoms. The molecule has 0 amide bonds. The summed E-state index contributed by atoms with van der Waals surface area (Å²) >= 11 is 8.56. The SMILES string of the molecule is COCC1=C(C)S/C(=C\C(C)=S)S1. The smallest absolute Gasteiger partial charge is 0.0783 e. The van der Waals surface area contributed by atoms with E-state index in [1.54, 1.807) is 30.6 Å². The molecule has 1 aliphatic rings. The molecular formula is C9H12OS3. The van der Waals surface area contributed by atoms with E-state index in [9.17, 15) is 0 Å². The Hall–Kier alpha value is 0.230. The van der Waals surface area contributed by atoms with Crippen molar-refractivity contribution < 1.29 is 4.74 Å². The topological polar surface area (TPSA) is 9.23 Å². The monoisotopic (exact) mass is 232 g/mol. The maximum atomic E-state index is 5.10. The minimum atomic E-state index is 0.706. The predicted octanol–water partition coefficient (Wildman–Crippen LogP) is 3.58. The summed E-state index contributed by atoms with van der Waals surface area (Å²) in [7, 11) is 1.72. The highest BCUT2D eigenvalue weighted by Crippen LogP contribution is 2.48. The fourth-order valence-corrected chi connectivity index (χ4v) is 3.78. The third kappa shape index (κ3) is 3.46. The highest BCUT2D eigenvalue weighted by molar-refractivity contribution is 8.28. The van der Waals surface area contributed by atoms with Crippen LogP contribution in [-0.4, -0.2) is 18.6 Å². The van der Waals surface area contributed by atoms with Crippen LogP contribution in [-0.2, 0) is 4.74 Å². The first-order chi connectivity index (χ1) is 6.13. The number of thioether (sulfide) groups is 2. The van der Waals surface area contributed by atoms with Crippen LogP contribution in [0.4, 0.5) is 0 Å². The zero-order valence-corrected chi connectivity index (χ0v) is 10.4. The van der Waals surface area contributed by atoms with Gasteiger partial charge in [0.15, 0.2) is 0 Å². The molecule has 72 valence electrons. The summed E-state index contributed by atoms with van der Waals surface area (Å²) in [6.07, 6.45) is 2.04. The molecule has 0 N–H and O–H groups in total. The second kappa shape index (κ2) is 5.20. The van der Waals surface area contributed by atoms with E-state index in [0.29, 0.717) is 6.61 Å². The van der Waals surface area contributed by atoms with Gasteiger partial charge in [-0.2, -0.15) is 0 Å². The van der Waals surface area contributed by atoms with Crippen molar-refractivity contribution in [1.82, 2.24) is 0 Å². The number of methoxy groups -OCH3 is 1. The molecule has 0 radical (unpaired) electrons. The van der Waals surface area contributed by atoms with E-state index in [4.69, 9.17) is 17.0 Å². The summed E-state index contributed by atoms with van der Waals surface area (Å²) in [4.78, 5) is 3.56. The fraction of sp³-hybridized carbons (Fsp3) is 0.444. The average molecular weight is 232 g/mol. The molecule has 1 aliphatic heterocycles. The van der Waals surface area contributed by atoms with E-state index < -0.39 is 0 Å². The van der Waals surface area contributed by atoms with Gasteiger partial charge in [-0.25, -0.2) is 0 Å². The van der Waals surface area contributed by atoms with E-state index >= 15 is 0 Å². The number of hydrogen-bond acceptors (Lipinski definition) is 4. The fourth-order valence-electron chi connectivity index (χ4n) is 0.909. The van der Waals surface area contributed by atoms with Gasteiger partial charge in [-0.05, 0) is 24.8 Å². The quantitative estimate of drug-likeness (QED) is 0.543. The lowest BCUT2D eigenvalue weighted by Gasteiger charge is -1.98. The van der Waals surface area contributed by atoms with E-state index in [-0.39, 0.29) is 0 Å². The lowest BCUT2D eigenvalue weighted by atomic mass is 10.5. The van der Waals surface area contributed by atoms with Gasteiger partial charge in [-0.1, -0.05) is 35.7 Å². The molecule has 0 aromatic heterocycles. The van der Waals surface area contributed by atoms with Crippen molar-refractivity contribution in [2.24, 2.45) is 0 Å². The Labute approximate surface area is 93.0 Å². The number of rotatable bonds is 3. The molecule has 1 heterocycles. The lowest BCUT2D eigenvalue weighted by Crippen LogP contribution is -1.88. The maximum Gasteiger partial charge on any atom is 0.0783 e. The second-order valence-corrected chi connectivity index (χ2v) is 5.99. The molecule has 0 unspecified atom stereocenters. The molecule has 0 saturated heterocycles. The highest BCUT2D eigenvalue weighted by Gasteiger charge is 2.17. The molecular weight excluding hydrogens is 220 g/mol. The summed E-state index contributed by atoms with van der Waals surface area (Å²) in [5.74, 6) is 0. The van der Waals surface area contributed by atoms with Crippen LogP contribution in [0, 0.1) is 0 Å². The molecule has 0 spiro atoms. The van der Waals surface area contributed by atoms with Crippen molar-refractivity contribution in [3.05, 3.63) is 20.1 Å². The number of allylic oxidation sites excluding steroid dienone is 2. The van der Waals surface area contributed by atoms with E-state index in [2.05, 4.69) is 6.92 Å². The van der Waals surface area contributed by atoms with Gasteiger partial charge in [0.2, 0.25) is 0 Å². The van der Waals surface area contributed by atoms with E-state index in [0.717, 1.165) is 4.86 Å². The minimum absolute atomic E-state index is 0.706. The van der Waals surface area contributed by atoms with Gasteiger partial charge in [0, 0.05) is 16.9 Å². The van der Waals surface area contributed by atoms with Gasteiger partial charge in [0.1, 0.15) is 0 Å². The summed E-state index contributed by atoms with van der Waals surface area (Å²) < 4.78 is 6.36. The highest BCUT2D eigenvalue weighted by atomic mass is 32.2. The number of hydrogen-bond donors (Lipinski definition) is 0. The Kier molecular flexibility index (Phi) is 4.52. The van der Waals surface area contributed by atoms with Crippen molar-refractivity contribution >= 4 is 40.6 Å². The molecule has 1 rings (SSSR count). The Morgan fingerprint density at radius 3 is 2.77 bits per heavy atom. The van der Waals surface area contributed by atoms with Crippen LogP contribution >= 0.6 is 35.7 Å². The van der Waals surface area contributed by atoms with Crippen molar-refractivity contribution in [3.8, 4) is 0 Å². The average Bonchev–Trinajstić information content (AvgIpc) is 2.31. The van der Waals surface area contributed by atoms with E-state index in [1.807, 2.05) is 13.0 Å². The largest absolute Gasteiger partial charge is 0.379 e. The minimum Gasteiger partial charge on any atom is -0.379 e. The molecule has 0 aromatic carbocycles. The normalized spacial score (nSPS) is 20.1. The van der Waals surface area contributed by atoms with Gasteiger partial charge in [-0.15, -0.1) is 0 Å². The van der Waals surface area contributed by atoms with Gasteiger partial charge in [0.25, 0.3) is 0 Å². The Morgan fingerprint density at radius 2 is 2.23 bits per heavy atom. The Balaban J connectivity index is 2.63. The van der Waals surface area contributed by atoms with Crippen LogP contribution < -0.4 is 0 Å². The van der Waals surface area contributed by atoms with Crippen LogP contribution in [0.5, 0.6) is 0 Å². The van der Waals surface area contributed by atoms with Crippen LogP contribution in [0.3, 0.4) is 0 Å². The first-order valence-corrected chi connectivity index (χ1v) is 5.94. The van der Waals surface area contributed by atoms with Crippen LogP contribution in [0.15, 0.2) is 20.1 Å². The van der Waals surface area contributed by atoms with Gasteiger partial charge in [0.05, 0.1) is 10.8 Å². The molecule has 0 bridgehead atoms. The summed E-state index contributed by atoms with van der Waals surface area (Å²) in [5.41, 5.74) is 0. The zero-order chi connectivity index (χ0) is 9.84. The van der Waals surface area contributed by atoms with Crippen LogP contribution in [0.1, 0.15) is 13.8 Å². The van der Waals surface area contributed by atoms with Crippen molar-refractivity contribution in [2.45, 2.75) is 13.8 Å². The van der Waals surface area contributed by atoms with Crippen LogP contribution in [0.25, 0.3) is 0 Å². The van der Waals surface area contributed by atoms with Crippen molar-refractivity contribution in [2.75, 3.05) is 13.7 Å². The molecule has 0 saturated carbocycles. The van der Waals surface area contributed by atoms with Crippen molar-refractivity contribution in [1.29, 1.82) is 0 Å². The molecule has 0 aliphatic carbocycles. The summed E-state index contributed by atoms with van der Waals surface area (Å²) in [6, 6.07) is 0. The van der Waals surface area contributed by atoms with Gasteiger partial charge < -0.3 is 4.74 Å². The van der Waals surface area contributed by atoms with E-state index in [1.165, 1.54) is 14.0 Å². The number of ether oxygens (including phenoxy) is 1. The molecule has 0 atom stereocenters. The Bertz CT molecular complexity index is 279. The number of thiocarbonyl (C=S) groups is 1. The summed E-state index contributed by atoms with van der Waals surface area (Å²) in [6.45, 7) is 4.76.